The molecule has 0 amide bonds. The molecule has 0 bridgehead atoms. The topological polar surface area (TPSA) is 25.8 Å². The molecule has 11 rings (SSSR count). The van der Waals surface area contributed by atoms with Gasteiger partial charge in [0.25, 0.3) is 0 Å². The number of benzene rings is 8. The van der Waals surface area contributed by atoms with Crippen LogP contribution in [-0.4, -0.2) is 9.97 Å². The van der Waals surface area contributed by atoms with Gasteiger partial charge in [0.2, 0.25) is 0 Å². The zero-order chi connectivity index (χ0) is 37.9. The first-order chi connectivity index (χ1) is 28.1. The van der Waals surface area contributed by atoms with Crippen LogP contribution in [0.25, 0.3) is 87.5 Å². The standard InChI is InChI=1S/C54H36N2S/c1-54(47-27-12-8-20-41(47)42-21-9-13-28-48(42)54)46-26-11-7-19-40(46)39-18-5-6-22-43(39)50-34-49(55-53(56-50)37-16-3-2-4-17-37)36-32-30-35(31-33-36)38-24-15-25-45-44-23-10-14-29-51(44)57-52(38)45/h2-34H,1H3. The van der Waals surface area contributed by atoms with Crippen molar-refractivity contribution in [1.82, 2.24) is 9.97 Å². The van der Waals surface area contributed by atoms with Crippen LogP contribution in [0.4, 0.5) is 0 Å². The minimum absolute atomic E-state index is 0.342. The predicted octanol–water partition coefficient (Wildman–Crippen LogP) is 14.5. The normalized spacial score (nSPS) is 12.8. The molecule has 0 saturated heterocycles. The average molecular weight is 745 g/mol. The minimum Gasteiger partial charge on any atom is -0.228 e. The molecule has 2 nitrogen and oxygen atoms in total. The summed E-state index contributed by atoms with van der Waals surface area (Å²) < 4.78 is 2.63. The fraction of sp³-hybridized carbons (Fsp3) is 0.0370. The van der Waals surface area contributed by atoms with Crippen molar-refractivity contribution in [2.75, 3.05) is 0 Å². The summed E-state index contributed by atoms with van der Waals surface area (Å²) in [6.07, 6.45) is 0. The lowest BCUT2D eigenvalue weighted by Gasteiger charge is -2.31. The van der Waals surface area contributed by atoms with E-state index in [4.69, 9.17) is 9.97 Å². The number of rotatable bonds is 6. The van der Waals surface area contributed by atoms with Crippen molar-refractivity contribution in [2.45, 2.75) is 12.3 Å². The summed E-state index contributed by atoms with van der Waals surface area (Å²) in [6.45, 7) is 2.39. The van der Waals surface area contributed by atoms with Gasteiger partial charge in [-0.2, -0.15) is 0 Å². The summed E-state index contributed by atoms with van der Waals surface area (Å²) in [5.74, 6) is 0.705. The Morgan fingerprint density at radius 3 is 1.54 bits per heavy atom. The second-order valence-electron chi connectivity index (χ2n) is 15.0. The molecule has 0 unspecified atom stereocenters. The summed E-state index contributed by atoms with van der Waals surface area (Å²) in [5, 5.41) is 2.62. The second kappa shape index (κ2) is 13.4. The molecule has 2 aromatic heterocycles. The van der Waals surface area contributed by atoms with Gasteiger partial charge in [0.1, 0.15) is 0 Å². The highest BCUT2D eigenvalue weighted by molar-refractivity contribution is 7.26. The first-order valence-corrected chi connectivity index (χ1v) is 20.3. The SMILES string of the molecule is CC1(c2ccccc2-c2ccccc2-c2cc(-c3ccc(-c4cccc5c4sc4ccccc45)cc3)nc(-c3ccccc3)n2)c2ccccc2-c2ccccc21. The van der Waals surface area contributed by atoms with Gasteiger partial charge in [0.15, 0.2) is 5.82 Å². The van der Waals surface area contributed by atoms with Gasteiger partial charge in [-0.25, -0.2) is 9.97 Å². The van der Waals surface area contributed by atoms with Gasteiger partial charge in [-0.3, -0.25) is 0 Å². The molecule has 0 fully saturated rings. The van der Waals surface area contributed by atoms with Crippen molar-refractivity contribution >= 4 is 31.5 Å². The summed E-state index contributed by atoms with van der Waals surface area (Å²) in [4.78, 5) is 10.5. The number of aromatic nitrogens is 2. The molecule has 0 N–H and O–H groups in total. The molecule has 268 valence electrons. The second-order valence-corrected chi connectivity index (χ2v) is 16.0. The van der Waals surface area contributed by atoms with Crippen LogP contribution in [0.2, 0.25) is 0 Å². The van der Waals surface area contributed by atoms with Crippen LogP contribution >= 0.6 is 11.3 Å². The maximum atomic E-state index is 5.31. The number of hydrogen-bond donors (Lipinski definition) is 0. The largest absolute Gasteiger partial charge is 0.228 e. The van der Waals surface area contributed by atoms with E-state index >= 15 is 0 Å². The van der Waals surface area contributed by atoms with E-state index in [1.54, 1.807) is 0 Å². The Labute approximate surface area is 336 Å². The Hall–Kier alpha value is -6.94. The quantitative estimate of drug-likeness (QED) is 0.169. The van der Waals surface area contributed by atoms with E-state index in [1.807, 2.05) is 17.4 Å². The molecule has 57 heavy (non-hydrogen) atoms. The molecule has 0 atom stereocenters. The molecule has 2 heterocycles. The van der Waals surface area contributed by atoms with Crippen molar-refractivity contribution in [3.8, 4) is 67.3 Å². The average Bonchev–Trinajstić information content (AvgIpc) is 3.80. The number of fused-ring (bicyclic) bond motifs is 6. The Bertz CT molecular complexity index is 3090. The third-order valence-corrected chi connectivity index (χ3v) is 13.1. The molecule has 1 aliphatic carbocycles. The number of thiophene rings is 1. The lowest BCUT2D eigenvalue weighted by atomic mass is 9.71. The summed E-state index contributed by atoms with van der Waals surface area (Å²) in [7, 11) is 0. The molecule has 0 saturated carbocycles. The van der Waals surface area contributed by atoms with Crippen LogP contribution in [0.3, 0.4) is 0 Å². The van der Waals surface area contributed by atoms with Crippen LogP contribution < -0.4 is 0 Å². The van der Waals surface area contributed by atoms with Crippen molar-refractivity contribution < 1.29 is 0 Å². The molecule has 1 aliphatic rings. The van der Waals surface area contributed by atoms with Crippen LogP contribution in [0.1, 0.15) is 23.6 Å². The van der Waals surface area contributed by atoms with E-state index in [2.05, 4.69) is 201 Å². The molecule has 0 aliphatic heterocycles. The monoisotopic (exact) mass is 744 g/mol. The van der Waals surface area contributed by atoms with Crippen LogP contribution in [0.5, 0.6) is 0 Å². The third kappa shape index (κ3) is 5.38. The zero-order valence-electron chi connectivity index (χ0n) is 31.4. The highest BCUT2D eigenvalue weighted by atomic mass is 32.1. The van der Waals surface area contributed by atoms with Crippen molar-refractivity contribution in [2.24, 2.45) is 0 Å². The van der Waals surface area contributed by atoms with E-state index in [-0.39, 0.29) is 5.41 Å². The fourth-order valence-electron chi connectivity index (χ4n) is 9.08. The van der Waals surface area contributed by atoms with Gasteiger partial charge in [0, 0.05) is 42.3 Å². The fourth-order valence-corrected chi connectivity index (χ4v) is 10.3. The van der Waals surface area contributed by atoms with Gasteiger partial charge in [-0.05, 0) is 69.1 Å². The van der Waals surface area contributed by atoms with E-state index < -0.39 is 0 Å². The molecular formula is C54H36N2S. The van der Waals surface area contributed by atoms with Gasteiger partial charge in [-0.15, -0.1) is 11.3 Å². The molecule has 0 spiro atoms. The zero-order valence-corrected chi connectivity index (χ0v) is 32.2. The van der Waals surface area contributed by atoms with E-state index in [1.165, 1.54) is 64.7 Å². The van der Waals surface area contributed by atoms with Gasteiger partial charge < -0.3 is 0 Å². The minimum atomic E-state index is -0.342. The molecule has 0 radical (unpaired) electrons. The first-order valence-electron chi connectivity index (χ1n) is 19.5. The van der Waals surface area contributed by atoms with E-state index in [9.17, 15) is 0 Å². The summed E-state index contributed by atoms with van der Waals surface area (Å²) >= 11 is 1.86. The highest BCUT2D eigenvalue weighted by Gasteiger charge is 2.41. The maximum absolute atomic E-state index is 5.31. The maximum Gasteiger partial charge on any atom is 0.160 e. The van der Waals surface area contributed by atoms with Crippen LogP contribution in [0, 0.1) is 0 Å². The molecule has 10 aromatic rings. The van der Waals surface area contributed by atoms with E-state index in [0.717, 1.165) is 33.6 Å². The Morgan fingerprint density at radius 2 is 0.860 bits per heavy atom. The predicted molar refractivity (Wildman–Crippen MR) is 240 cm³/mol. The molecular weight excluding hydrogens is 709 g/mol. The lowest BCUT2D eigenvalue weighted by Crippen LogP contribution is -2.23. The highest BCUT2D eigenvalue weighted by Crippen LogP contribution is 2.54. The third-order valence-electron chi connectivity index (χ3n) is 11.8. The van der Waals surface area contributed by atoms with Gasteiger partial charge in [-0.1, -0.05) is 188 Å². The lowest BCUT2D eigenvalue weighted by molar-refractivity contribution is 0.716. The summed E-state index contributed by atoms with van der Waals surface area (Å²) in [6, 6.07) is 72.1. The van der Waals surface area contributed by atoms with Crippen LogP contribution in [0.15, 0.2) is 200 Å². The molecule has 8 aromatic carbocycles. The number of nitrogens with zero attached hydrogens (tertiary/aromatic N) is 2. The van der Waals surface area contributed by atoms with Crippen LogP contribution in [-0.2, 0) is 5.41 Å². The van der Waals surface area contributed by atoms with Gasteiger partial charge >= 0.3 is 0 Å². The molecule has 3 heteroatoms. The first kappa shape index (κ1) is 33.4. The van der Waals surface area contributed by atoms with Crippen molar-refractivity contribution in [1.29, 1.82) is 0 Å². The Kier molecular flexibility index (Phi) is 7.84. The smallest absolute Gasteiger partial charge is 0.160 e. The Balaban J connectivity index is 1.06. The van der Waals surface area contributed by atoms with Gasteiger partial charge in [0.05, 0.1) is 11.4 Å². The van der Waals surface area contributed by atoms with Crippen molar-refractivity contribution in [3.63, 3.8) is 0 Å². The Morgan fingerprint density at radius 1 is 0.368 bits per heavy atom. The summed E-state index contributed by atoms with van der Waals surface area (Å²) in [5.41, 5.74) is 15.9. The number of hydrogen-bond acceptors (Lipinski definition) is 3. The van der Waals surface area contributed by atoms with Crippen molar-refractivity contribution in [3.05, 3.63) is 217 Å². The van der Waals surface area contributed by atoms with E-state index in [0.29, 0.717) is 5.82 Å².